The summed E-state index contributed by atoms with van der Waals surface area (Å²) in [5, 5.41) is 13.5. The number of fused-ring (bicyclic) bond motifs is 1. The molecule has 1 aliphatic carbocycles. The fraction of sp³-hybridized carbons (Fsp3) is 0.412. The highest BCUT2D eigenvalue weighted by Crippen LogP contribution is 2.32. The monoisotopic (exact) mass is 315 g/mol. The molecule has 0 bridgehead atoms. The number of nitrogens with one attached hydrogen (secondary N) is 1. The third kappa shape index (κ3) is 3.61. The van der Waals surface area contributed by atoms with E-state index < -0.39 is 0 Å². The molecule has 0 saturated carbocycles. The number of nitrogens with zero attached hydrogens (tertiary/aromatic N) is 2. The molecule has 0 saturated heterocycles. The molecule has 2 unspecified atom stereocenters. The van der Waals surface area contributed by atoms with Crippen molar-refractivity contribution in [1.82, 2.24) is 5.32 Å². The van der Waals surface area contributed by atoms with Gasteiger partial charge in [-0.15, -0.1) is 11.3 Å². The number of allylic oxidation sites excluding steroid dienone is 2. The molecule has 5 heteroatoms. The van der Waals surface area contributed by atoms with Gasteiger partial charge in [-0.3, -0.25) is 0 Å². The Hall–Kier alpha value is -1.56. The van der Waals surface area contributed by atoms with Crippen molar-refractivity contribution in [2.45, 2.75) is 25.6 Å². The van der Waals surface area contributed by atoms with Gasteiger partial charge in [0.1, 0.15) is 0 Å². The fourth-order valence-corrected chi connectivity index (χ4v) is 3.49. The minimum atomic E-state index is 0.0178. The van der Waals surface area contributed by atoms with E-state index in [4.69, 9.17) is 4.74 Å². The molecule has 116 valence electrons. The average molecular weight is 315 g/mol. The van der Waals surface area contributed by atoms with E-state index in [1.807, 2.05) is 12.4 Å². The highest BCUT2D eigenvalue weighted by Gasteiger charge is 2.28. The molecule has 4 nitrogen and oxygen atoms in total. The van der Waals surface area contributed by atoms with Crippen LogP contribution < -0.4 is 5.32 Å². The summed E-state index contributed by atoms with van der Waals surface area (Å²) in [6.45, 7) is 4.07. The quantitative estimate of drug-likeness (QED) is 0.784. The lowest BCUT2D eigenvalue weighted by molar-refractivity contribution is -0.000236. The number of rotatable bonds is 7. The molecule has 0 aromatic carbocycles. The zero-order valence-corrected chi connectivity index (χ0v) is 13.5. The van der Waals surface area contributed by atoms with Crippen LogP contribution in [0.5, 0.6) is 0 Å². The van der Waals surface area contributed by atoms with Gasteiger partial charge in [0.05, 0.1) is 24.3 Å². The summed E-state index contributed by atoms with van der Waals surface area (Å²) in [4.78, 5) is 1.28. The Balaban J connectivity index is 1.70. The van der Waals surface area contributed by atoms with Crippen molar-refractivity contribution in [2.24, 2.45) is 16.1 Å². The van der Waals surface area contributed by atoms with Crippen LogP contribution in [0.2, 0.25) is 0 Å². The maximum Gasteiger partial charge on any atom is 0.0937 e. The van der Waals surface area contributed by atoms with Gasteiger partial charge in [-0.2, -0.15) is 10.2 Å². The normalized spacial score (nSPS) is 24.1. The molecule has 1 aromatic heterocycles. The van der Waals surface area contributed by atoms with E-state index in [-0.39, 0.29) is 18.1 Å². The van der Waals surface area contributed by atoms with Crippen LogP contribution in [0.3, 0.4) is 0 Å². The molecule has 1 N–H and O–H groups in total. The highest BCUT2D eigenvalue weighted by atomic mass is 32.1. The summed E-state index contributed by atoms with van der Waals surface area (Å²) in [5.74, 6) is 0.170. The first-order chi connectivity index (χ1) is 10.9. The Labute approximate surface area is 135 Å². The molecule has 1 aromatic rings. The van der Waals surface area contributed by atoms with Crippen LogP contribution in [0.15, 0.2) is 51.5 Å². The Morgan fingerprint density at radius 1 is 1.41 bits per heavy atom. The van der Waals surface area contributed by atoms with Gasteiger partial charge in [-0.05, 0) is 36.5 Å². The molecule has 0 fully saturated rings. The van der Waals surface area contributed by atoms with E-state index in [9.17, 15) is 0 Å². The topological polar surface area (TPSA) is 46.0 Å². The molecule has 22 heavy (non-hydrogen) atoms. The van der Waals surface area contributed by atoms with Gasteiger partial charge in [0.25, 0.3) is 0 Å². The average Bonchev–Trinajstić information content (AvgIpc) is 3.09. The van der Waals surface area contributed by atoms with Crippen molar-refractivity contribution < 1.29 is 4.74 Å². The second-order valence-electron chi connectivity index (χ2n) is 5.33. The molecule has 0 amide bonds. The number of hydrogen-bond acceptors (Lipinski definition) is 5. The van der Waals surface area contributed by atoms with Crippen LogP contribution in [0.4, 0.5) is 0 Å². The van der Waals surface area contributed by atoms with E-state index >= 15 is 0 Å². The number of ether oxygens (including phenoxy) is 1. The molecule has 2 aliphatic rings. The van der Waals surface area contributed by atoms with Crippen molar-refractivity contribution in [2.75, 3.05) is 13.1 Å². The lowest BCUT2D eigenvalue weighted by Gasteiger charge is -2.29. The summed E-state index contributed by atoms with van der Waals surface area (Å²) in [6, 6.07) is 4.24. The van der Waals surface area contributed by atoms with Gasteiger partial charge < -0.3 is 10.1 Å². The largest absolute Gasteiger partial charge is 0.364 e. The van der Waals surface area contributed by atoms with E-state index in [1.54, 1.807) is 11.3 Å². The van der Waals surface area contributed by atoms with Crippen LogP contribution in [0.25, 0.3) is 0 Å². The summed E-state index contributed by atoms with van der Waals surface area (Å²) in [7, 11) is 0. The molecule has 3 rings (SSSR count). The number of thiophene rings is 1. The minimum Gasteiger partial charge on any atom is -0.364 e. The predicted molar refractivity (Wildman–Crippen MR) is 92.8 cm³/mol. The highest BCUT2D eigenvalue weighted by molar-refractivity contribution is 7.10. The van der Waals surface area contributed by atoms with Gasteiger partial charge in [-0.1, -0.05) is 31.2 Å². The smallest absolute Gasteiger partial charge is 0.0937 e. The lowest BCUT2D eigenvalue weighted by atomic mass is 9.90. The second kappa shape index (κ2) is 7.63. The Morgan fingerprint density at radius 3 is 3.18 bits per heavy atom. The van der Waals surface area contributed by atoms with Crippen LogP contribution in [-0.4, -0.2) is 31.6 Å². The van der Waals surface area contributed by atoms with E-state index in [0.29, 0.717) is 0 Å². The summed E-state index contributed by atoms with van der Waals surface area (Å²) in [5.41, 5.74) is 1.17. The molecule has 0 spiro atoms. The standard InChI is InChI=1S/C17H21N3OS/c1-2-18-9-8-16(17-7-4-10-22-17)21-15-6-3-5-13-11-19-20-12-14(13)15/h3-7,10-12,14-16,18H,2,8-9H2,1H3/t14?,15?,16-/m1/s1. The summed E-state index contributed by atoms with van der Waals surface area (Å²) >= 11 is 1.76. The maximum atomic E-state index is 6.44. The van der Waals surface area contributed by atoms with E-state index in [2.05, 4.69) is 58.2 Å². The molecule has 0 radical (unpaired) electrons. The molecular formula is C17H21N3OS. The van der Waals surface area contributed by atoms with Crippen LogP contribution in [0, 0.1) is 5.92 Å². The van der Waals surface area contributed by atoms with Crippen LogP contribution in [-0.2, 0) is 4.74 Å². The number of hydrogen-bond donors (Lipinski definition) is 1. The van der Waals surface area contributed by atoms with Gasteiger partial charge in [0, 0.05) is 11.1 Å². The predicted octanol–water partition coefficient (Wildman–Crippen LogP) is 3.36. The van der Waals surface area contributed by atoms with Crippen LogP contribution in [0.1, 0.15) is 24.3 Å². The van der Waals surface area contributed by atoms with Crippen molar-refractivity contribution in [3.05, 3.63) is 46.2 Å². The van der Waals surface area contributed by atoms with Crippen molar-refractivity contribution >= 4 is 23.8 Å². The summed E-state index contributed by atoms with van der Waals surface area (Å²) < 4.78 is 6.44. The second-order valence-corrected chi connectivity index (χ2v) is 6.31. The first kappa shape index (κ1) is 15.3. The third-order valence-corrected chi connectivity index (χ3v) is 4.81. The molecular weight excluding hydrogens is 294 g/mol. The zero-order chi connectivity index (χ0) is 15.2. The third-order valence-electron chi connectivity index (χ3n) is 3.84. The van der Waals surface area contributed by atoms with Gasteiger partial charge in [0.2, 0.25) is 0 Å². The van der Waals surface area contributed by atoms with Gasteiger partial charge in [-0.25, -0.2) is 0 Å². The zero-order valence-electron chi connectivity index (χ0n) is 12.7. The first-order valence-corrected chi connectivity index (χ1v) is 8.61. The SMILES string of the molecule is CCNCC[C@@H](OC1C=CC=C2C=NN=CC21)c1cccs1. The van der Waals surface area contributed by atoms with Crippen molar-refractivity contribution in [1.29, 1.82) is 0 Å². The van der Waals surface area contributed by atoms with E-state index in [0.717, 1.165) is 19.5 Å². The Morgan fingerprint density at radius 2 is 2.36 bits per heavy atom. The minimum absolute atomic E-state index is 0.0178. The first-order valence-electron chi connectivity index (χ1n) is 7.73. The lowest BCUT2D eigenvalue weighted by Crippen LogP contribution is -2.31. The fourth-order valence-electron chi connectivity index (χ4n) is 2.69. The summed E-state index contributed by atoms with van der Waals surface area (Å²) in [6.07, 6.45) is 11.1. The molecule has 1 aliphatic heterocycles. The maximum absolute atomic E-state index is 6.44. The van der Waals surface area contributed by atoms with Gasteiger partial charge in [0.15, 0.2) is 0 Å². The van der Waals surface area contributed by atoms with Crippen molar-refractivity contribution in [3.8, 4) is 0 Å². The van der Waals surface area contributed by atoms with Crippen LogP contribution >= 0.6 is 11.3 Å². The molecule has 3 atom stereocenters. The molecule has 2 heterocycles. The van der Waals surface area contributed by atoms with E-state index in [1.165, 1.54) is 10.5 Å². The Bertz CT molecular complexity index is 589. The van der Waals surface area contributed by atoms with Crippen molar-refractivity contribution in [3.63, 3.8) is 0 Å². The van der Waals surface area contributed by atoms with Gasteiger partial charge >= 0.3 is 0 Å². The Kier molecular flexibility index (Phi) is 5.32.